The fourth-order valence-electron chi connectivity index (χ4n) is 2.10. The molecule has 0 saturated carbocycles. The summed E-state index contributed by atoms with van der Waals surface area (Å²) in [6.45, 7) is 0. The minimum atomic E-state index is 0.622. The smallest absolute Gasteiger partial charge is 0.110 e. The molecule has 106 valence electrons. The van der Waals surface area contributed by atoms with Crippen LogP contribution in [0, 0.1) is 0 Å². The number of nitrogens with one attached hydrogen (secondary N) is 1. The van der Waals surface area contributed by atoms with Gasteiger partial charge in [0, 0.05) is 27.1 Å². The highest BCUT2D eigenvalue weighted by molar-refractivity contribution is 6.35. The SMILES string of the molecule is Clc1cccc(-c2cnc(Cc3ccc(Cl)cc3Cl)[nH]2)c1. The monoisotopic (exact) mass is 336 g/mol. The van der Waals surface area contributed by atoms with Crippen LogP contribution in [0.15, 0.2) is 48.7 Å². The van der Waals surface area contributed by atoms with Crippen LogP contribution in [0.4, 0.5) is 0 Å². The number of hydrogen-bond donors (Lipinski definition) is 1. The summed E-state index contributed by atoms with van der Waals surface area (Å²) in [5, 5.41) is 1.97. The number of hydrogen-bond acceptors (Lipinski definition) is 1. The predicted octanol–water partition coefficient (Wildman–Crippen LogP) is 5.63. The second-order valence-electron chi connectivity index (χ2n) is 4.67. The molecule has 1 aromatic heterocycles. The maximum absolute atomic E-state index is 6.18. The number of rotatable bonds is 3. The first-order valence-corrected chi connectivity index (χ1v) is 7.49. The van der Waals surface area contributed by atoms with Crippen molar-refractivity contribution in [2.75, 3.05) is 0 Å². The first-order valence-electron chi connectivity index (χ1n) is 6.35. The normalized spacial score (nSPS) is 10.8. The molecule has 3 aromatic rings. The van der Waals surface area contributed by atoms with Gasteiger partial charge in [-0.3, -0.25) is 0 Å². The summed E-state index contributed by atoms with van der Waals surface area (Å²) < 4.78 is 0. The molecular formula is C16H11Cl3N2. The zero-order valence-electron chi connectivity index (χ0n) is 10.9. The molecule has 0 saturated heterocycles. The van der Waals surface area contributed by atoms with Gasteiger partial charge in [0.2, 0.25) is 0 Å². The van der Waals surface area contributed by atoms with Crippen LogP contribution < -0.4 is 0 Å². The lowest BCUT2D eigenvalue weighted by Crippen LogP contribution is -1.92. The Morgan fingerprint density at radius 2 is 1.76 bits per heavy atom. The Bertz CT molecular complexity index is 781. The zero-order valence-corrected chi connectivity index (χ0v) is 13.2. The van der Waals surface area contributed by atoms with Gasteiger partial charge in [-0.2, -0.15) is 0 Å². The Labute approximate surface area is 137 Å². The maximum atomic E-state index is 6.18. The Balaban J connectivity index is 1.85. The summed E-state index contributed by atoms with van der Waals surface area (Å²) in [5.41, 5.74) is 2.91. The molecule has 0 aliphatic rings. The molecule has 0 aliphatic heterocycles. The number of imidazole rings is 1. The van der Waals surface area contributed by atoms with Crippen molar-refractivity contribution in [3.63, 3.8) is 0 Å². The Morgan fingerprint density at radius 1 is 0.952 bits per heavy atom. The molecule has 1 heterocycles. The van der Waals surface area contributed by atoms with E-state index in [9.17, 15) is 0 Å². The number of benzene rings is 2. The highest BCUT2D eigenvalue weighted by Crippen LogP contribution is 2.24. The van der Waals surface area contributed by atoms with E-state index in [1.165, 1.54) is 0 Å². The van der Waals surface area contributed by atoms with E-state index in [1.54, 1.807) is 12.3 Å². The molecule has 2 nitrogen and oxygen atoms in total. The van der Waals surface area contributed by atoms with E-state index in [0.717, 1.165) is 22.6 Å². The minimum Gasteiger partial charge on any atom is -0.342 e. The quantitative estimate of drug-likeness (QED) is 0.659. The number of aromatic amines is 1. The number of aromatic nitrogens is 2. The number of H-pyrrole nitrogens is 1. The molecule has 21 heavy (non-hydrogen) atoms. The van der Waals surface area contributed by atoms with Gasteiger partial charge in [0.05, 0.1) is 11.9 Å². The second-order valence-corrected chi connectivity index (χ2v) is 5.95. The van der Waals surface area contributed by atoms with Crippen LogP contribution in [0.2, 0.25) is 15.1 Å². The molecule has 0 fully saturated rings. The van der Waals surface area contributed by atoms with E-state index in [0.29, 0.717) is 21.5 Å². The molecule has 0 spiro atoms. The first-order chi connectivity index (χ1) is 10.1. The molecule has 0 radical (unpaired) electrons. The summed E-state index contributed by atoms with van der Waals surface area (Å²) in [5.74, 6) is 0.842. The highest BCUT2D eigenvalue weighted by Gasteiger charge is 2.07. The Morgan fingerprint density at radius 3 is 2.52 bits per heavy atom. The molecule has 0 bridgehead atoms. The molecule has 0 unspecified atom stereocenters. The molecule has 1 N–H and O–H groups in total. The fourth-order valence-corrected chi connectivity index (χ4v) is 2.77. The van der Waals surface area contributed by atoms with Crippen molar-refractivity contribution >= 4 is 34.8 Å². The van der Waals surface area contributed by atoms with Gasteiger partial charge in [-0.25, -0.2) is 4.98 Å². The lowest BCUT2D eigenvalue weighted by atomic mass is 10.1. The van der Waals surface area contributed by atoms with Crippen LogP contribution in [-0.2, 0) is 6.42 Å². The van der Waals surface area contributed by atoms with E-state index >= 15 is 0 Å². The van der Waals surface area contributed by atoms with Crippen LogP contribution in [0.3, 0.4) is 0 Å². The van der Waals surface area contributed by atoms with Crippen molar-refractivity contribution in [3.8, 4) is 11.3 Å². The van der Waals surface area contributed by atoms with Gasteiger partial charge in [0.1, 0.15) is 5.82 Å². The molecule has 5 heteroatoms. The summed E-state index contributed by atoms with van der Waals surface area (Å²) in [4.78, 5) is 7.68. The van der Waals surface area contributed by atoms with Gasteiger partial charge in [-0.1, -0.05) is 53.0 Å². The molecule has 0 aliphatic carbocycles. The van der Waals surface area contributed by atoms with Crippen molar-refractivity contribution < 1.29 is 0 Å². The van der Waals surface area contributed by atoms with Gasteiger partial charge >= 0.3 is 0 Å². The van der Waals surface area contributed by atoms with Crippen molar-refractivity contribution in [3.05, 3.63) is 75.1 Å². The summed E-state index contributed by atoms with van der Waals surface area (Å²) in [6.07, 6.45) is 2.42. The largest absolute Gasteiger partial charge is 0.342 e. The lowest BCUT2D eigenvalue weighted by Gasteiger charge is -2.02. The zero-order chi connectivity index (χ0) is 14.8. The van der Waals surface area contributed by atoms with Crippen LogP contribution in [-0.4, -0.2) is 9.97 Å². The average Bonchev–Trinajstić information content (AvgIpc) is 2.91. The minimum absolute atomic E-state index is 0.622. The van der Waals surface area contributed by atoms with Gasteiger partial charge < -0.3 is 4.98 Å². The molecule has 0 amide bonds. The third-order valence-corrected chi connectivity index (χ3v) is 3.96. The van der Waals surface area contributed by atoms with E-state index in [-0.39, 0.29) is 0 Å². The number of nitrogens with zero attached hydrogens (tertiary/aromatic N) is 1. The van der Waals surface area contributed by atoms with Gasteiger partial charge in [0.25, 0.3) is 0 Å². The topological polar surface area (TPSA) is 28.7 Å². The second kappa shape index (κ2) is 6.10. The van der Waals surface area contributed by atoms with Crippen LogP contribution >= 0.6 is 34.8 Å². The van der Waals surface area contributed by atoms with Crippen molar-refractivity contribution in [1.29, 1.82) is 0 Å². The third kappa shape index (κ3) is 3.41. The van der Waals surface area contributed by atoms with E-state index < -0.39 is 0 Å². The van der Waals surface area contributed by atoms with Gasteiger partial charge in [-0.15, -0.1) is 0 Å². The van der Waals surface area contributed by atoms with Crippen molar-refractivity contribution in [2.45, 2.75) is 6.42 Å². The third-order valence-electron chi connectivity index (χ3n) is 3.14. The van der Waals surface area contributed by atoms with Crippen LogP contribution in [0.5, 0.6) is 0 Å². The molecule has 3 rings (SSSR count). The fraction of sp³-hybridized carbons (Fsp3) is 0.0625. The lowest BCUT2D eigenvalue weighted by molar-refractivity contribution is 1.03. The predicted molar refractivity (Wildman–Crippen MR) is 88.3 cm³/mol. The summed E-state index contributed by atoms with van der Waals surface area (Å²) in [6, 6.07) is 13.1. The summed E-state index contributed by atoms with van der Waals surface area (Å²) >= 11 is 18.1. The average molecular weight is 338 g/mol. The molecule has 0 atom stereocenters. The van der Waals surface area contributed by atoms with E-state index in [2.05, 4.69) is 9.97 Å². The van der Waals surface area contributed by atoms with E-state index in [1.807, 2.05) is 36.4 Å². The first kappa shape index (κ1) is 14.5. The van der Waals surface area contributed by atoms with Gasteiger partial charge in [0.15, 0.2) is 0 Å². The van der Waals surface area contributed by atoms with Crippen molar-refractivity contribution in [2.24, 2.45) is 0 Å². The van der Waals surface area contributed by atoms with E-state index in [4.69, 9.17) is 34.8 Å². The van der Waals surface area contributed by atoms with Crippen molar-refractivity contribution in [1.82, 2.24) is 9.97 Å². The Hall–Kier alpha value is -1.48. The summed E-state index contributed by atoms with van der Waals surface area (Å²) in [7, 11) is 0. The van der Waals surface area contributed by atoms with Crippen LogP contribution in [0.1, 0.15) is 11.4 Å². The highest BCUT2D eigenvalue weighted by atomic mass is 35.5. The maximum Gasteiger partial charge on any atom is 0.110 e. The van der Waals surface area contributed by atoms with Crippen LogP contribution in [0.25, 0.3) is 11.3 Å². The Kier molecular flexibility index (Phi) is 4.20. The molecule has 2 aromatic carbocycles. The standard InChI is InChI=1S/C16H11Cl3N2/c17-12-3-1-2-11(6-12)15-9-20-16(21-15)7-10-4-5-13(18)8-14(10)19/h1-6,8-9H,7H2,(H,20,21). The van der Waals surface area contributed by atoms with Gasteiger partial charge in [-0.05, 0) is 29.8 Å². The molecular weight excluding hydrogens is 327 g/mol. The number of halogens is 3.